The Hall–Kier alpha value is -0.120. The van der Waals surface area contributed by atoms with Crippen LogP contribution in [0.25, 0.3) is 0 Å². The lowest BCUT2D eigenvalue weighted by atomic mass is 9.74. The van der Waals surface area contributed by atoms with E-state index in [1.54, 1.807) is 0 Å². The average molecular weight is 186 g/mol. The van der Waals surface area contributed by atoms with Crippen molar-refractivity contribution in [2.24, 2.45) is 11.7 Å². The lowest BCUT2D eigenvalue weighted by Crippen LogP contribution is -2.57. The van der Waals surface area contributed by atoms with E-state index in [4.69, 9.17) is 5.73 Å². The summed E-state index contributed by atoms with van der Waals surface area (Å²) in [7, 11) is 0. The minimum absolute atomic E-state index is 0.0381. The van der Waals surface area contributed by atoms with Crippen molar-refractivity contribution in [3.05, 3.63) is 0 Å². The van der Waals surface area contributed by atoms with Crippen molar-refractivity contribution in [1.82, 2.24) is 5.32 Å². The first-order valence-electron chi connectivity index (χ1n) is 5.07. The number of nitrogens with two attached hydrogens (primary N) is 1. The van der Waals surface area contributed by atoms with E-state index in [0.29, 0.717) is 6.54 Å². The highest BCUT2D eigenvalue weighted by atomic mass is 16.3. The molecular weight excluding hydrogens is 164 g/mol. The highest BCUT2D eigenvalue weighted by Gasteiger charge is 2.41. The molecule has 0 aromatic carbocycles. The summed E-state index contributed by atoms with van der Waals surface area (Å²) in [6, 6.07) is 0. The predicted octanol–water partition coefficient (Wildman–Crippen LogP) is 0.474. The summed E-state index contributed by atoms with van der Waals surface area (Å²) in [4.78, 5) is 0. The van der Waals surface area contributed by atoms with Gasteiger partial charge in [-0.3, -0.25) is 0 Å². The van der Waals surface area contributed by atoms with E-state index in [0.717, 1.165) is 19.4 Å². The lowest BCUT2D eigenvalue weighted by molar-refractivity contribution is -0.0600. The summed E-state index contributed by atoms with van der Waals surface area (Å²) in [5, 5.41) is 13.7. The van der Waals surface area contributed by atoms with Crippen LogP contribution < -0.4 is 11.1 Å². The minimum Gasteiger partial charge on any atom is -0.389 e. The van der Waals surface area contributed by atoms with E-state index >= 15 is 0 Å². The second-order valence-corrected chi connectivity index (χ2v) is 4.98. The van der Waals surface area contributed by atoms with Gasteiger partial charge in [-0.2, -0.15) is 0 Å². The third-order valence-electron chi connectivity index (χ3n) is 3.18. The summed E-state index contributed by atoms with van der Waals surface area (Å²) in [6.07, 6.45) is 1.60. The zero-order chi connectivity index (χ0) is 10.1. The minimum atomic E-state index is -0.566. The molecule has 0 saturated carbocycles. The first-order valence-corrected chi connectivity index (χ1v) is 5.07. The van der Waals surface area contributed by atoms with Gasteiger partial charge in [-0.1, -0.05) is 6.92 Å². The van der Waals surface area contributed by atoms with E-state index in [-0.39, 0.29) is 11.5 Å². The number of hydrogen-bond donors (Lipinski definition) is 3. The fourth-order valence-corrected chi connectivity index (χ4v) is 2.17. The molecule has 0 spiro atoms. The molecule has 1 aliphatic heterocycles. The van der Waals surface area contributed by atoms with Crippen LogP contribution in [-0.2, 0) is 0 Å². The molecule has 13 heavy (non-hydrogen) atoms. The average Bonchev–Trinajstić information content (AvgIpc) is 2.00. The largest absolute Gasteiger partial charge is 0.389 e. The second kappa shape index (κ2) is 3.56. The molecule has 3 nitrogen and oxygen atoms in total. The van der Waals surface area contributed by atoms with Crippen LogP contribution in [0, 0.1) is 5.92 Å². The molecule has 2 atom stereocenters. The number of aliphatic hydroxyl groups is 1. The van der Waals surface area contributed by atoms with Gasteiger partial charge in [0.2, 0.25) is 0 Å². The number of nitrogens with one attached hydrogen (secondary N) is 1. The van der Waals surface area contributed by atoms with Crippen LogP contribution in [0.4, 0.5) is 0 Å². The van der Waals surface area contributed by atoms with Gasteiger partial charge in [0.1, 0.15) is 0 Å². The van der Waals surface area contributed by atoms with E-state index in [9.17, 15) is 5.11 Å². The highest BCUT2D eigenvalue weighted by Crippen LogP contribution is 2.33. The first-order chi connectivity index (χ1) is 5.90. The molecular formula is C10H22N2O. The van der Waals surface area contributed by atoms with Crippen LogP contribution in [0.2, 0.25) is 0 Å². The Morgan fingerprint density at radius 2 is 2.15 bits per heavy atom. The van der Waals surface area contributed by atoms with Crippen LogP contribution in [0.3, 0.4) is 0 Å². The topological polar surface area (TPSA) is 58.3 Å². The summed E-state index contributed by atoms with van der Waals surface area (Å²) >= 11 is 0. The summed E-state index contributed by atoms with van der Waals surface area (Å²) in [5.74, 6) is 0.189. The molecule has 1 rings (SSSR count). The zero-order valence-corrected chi connectivity index (χ0v) is 8.93. The SMILES string of the molecule is CC(CN)C1(O)CCNC(C)(C)C1. The van der Waals surface area contributed by atoms with E-state index in [1.807, 2.05) is 6.92 Å². The molecule has 0 aromatic heterocycles. The zero-order valence-electron chi connectivity index (χ0n) is 8.93. The Balaban J connectivity index is 2.68. The van der Waals surface area contributed by atoms with Crippen LogP contribution in [0.15, 0.2) is 0 Å². The van der Waals surface area contributed by atoms with Gasteiger partial charge in [-0.05, 0) is 45.7 Å². The third kappa shape index (κ3) is 2.42. The maximum atomic E-state index is 10.4. The van der Waals surface area contributed by atoms with Gasteiger partial charge in [-0.15, -0.1) is 0 Å². The smallest absolute Gasteiger partial charge is 0.0714 e. The Morgan fingerprint density at radius 3 is 2.62 bits per heavy atom. The Bertz CT molecular complexity index is 182. The third-order valence-corrected chi connectivity index (χ3v) is 3.18. The maximum absolute atomic E-state index is 10.4. The highest BCUT2D eigenvalue weighted by molar-refractivity contribution is 4.98. The lowest BCUT2D eigenvalue weighted by Gasteiger charge is -2.45. The Morgan fingerprint density at radius 1 is 1.54 bits per heavy atom. The molecule has 4 N–H and O–H groups in total. The predicted molar refractivity (Wildman–Crippen MR) is 54.5 cm³/mol. The van der Waals surface area contributed by atoms with Crippen molar-refractivity contribution >= 4 is 0 Å². The van der Waals surface area contributed by atoms with Gasteiger partial charge in [0.15, 0.2) is 0 Å². The quantitative estimate of drug-likeness (QED) is 0.588. The van der Waals surface area contributed by atoms with Crippen molar-refractivity contribution < 1.29 is 5.11 Å². The molecule has 0 radical (unpaired) electrons. The van der Waals surface area contributed by atoms with Gasteiger partial charge in [0.05, 0.1) is 5.60 Å². The standard InChI is InChI=1S/C10H22N2O/c1-8(6-11)10(13)4-5-12-9(2,3)7-10/h8,12-13H,4-7,11H2,1-3H3. The maximum Gasteiger partial charge on any atom is 0.0714 e. The molecule has 0 aromatic rings. The van der Waals surface area contributed by atoms with E-state index in [1.165, 1.54) is 0 Å². The van der Waals surface area contributed by atoms with Crippen molar-refractivity contribution in [2.45, 2.75) is 44.8 Å². The van der Waals surface area contributed by atoms with Gasteiger partial charge < -0.3 is 16.2 Å². The summed E-state index contributed by atoms with van der Waals surface area (Å²) < 4.78 is 0. The van der Waals surface area contributed by atoms with Crippen molar-refractivity contribution in [3.63, 3.8) is 0 Å². The molecule has 78 valence electrons. The molecule has 0 aliphatic carbocycles. The number of piperidine rings is 1. The normalized spacial score (nSPS) is 35.8. The first kappa shape index (κ1) is 11.0. The van der Waals surface area contributed by atoms with Crippen molar-refractivity contribution in [2.75, 3.05) is 13.1 Å². The fourth-order valence-electron chi connectivity index (χ4n) is 2.17. The van der Waals surface area contributed by atoms with Crippen LogP contribution in [0.5, 0.6) is 0 Å². The van der Waals surface area contributed by atoms with Gasteiger partial charge in [0, 0.05) is 5.54 Å². The van der Waals surface area contributed by atoms with E-state index in [2.05, 4.69) is 19.2 Å². The van der Waals surface area contributed by atoms with E-state index < -0.39 is 5.60 Å². The molecule has 0 amide bonds. The van der Waals surface area contributed by atoms with Crippen molar-refractivity contribution in [1.29, 1.82) is 0 Å². The van der Waals surface area contributed by atoms with Crippen LogP contribution in [0.1, 0.15) is 33.6 Å². The molecule has 3 heteroatoms. The fraction of sp³-hybridized carbons (Fsp3) is 1.00. The summed E-state index contributed by atoms with van der Waals surface area (Å²) in [6.45, 7) is 7.72. The molecule has 1 saturated heterocycles. The molecule has 1 aliphatic rings. The van der Waals surface area contributed by atoms with Crippen LogP contribution >= 0.6 is 0 Å². The second-order valence-electron chi connectivity index (χ2n) is 4.98. The Labute approximate surface area is 80.7 Å². The molecule has 0 bridgehead atoms. The van der Waals surface area contributed by atoms with Gasteiger partial charge in [-0.25, -0.2) is 0 Å². The number of hydrogen-bond acceptors (Lipinski definition) is 3. The van der Waals surface area contributed by atoms with Gasteiger partial charge in [0.25, 0.3) is 0 Å². The van der Waals surface area contributed by atoms with Gasteiger partial charge >= 0.3 is 0 Å². The summed E-state index contributed by atoms with van der Waals surface area (Å²) in [5.41, 5.74) is 5.07. The molecule has 1 heterocycles. The molecule has 1 fully saturated rings. The van der Waals surface area contributed by atoms with Crippen LogP contribution in [-0.4, -0.2) is 29.3 Å². The molecule has 2 unspecified atom stereocenters. The number of rotatable bonds is 2. The monoisotopic (exact) mass is 186 g/mol. The Kier molecular flexibility index (Phi) is 3.00. The van der Waals surface area contributed by atoms with Crippen molar-refractivity contribution in [3.8, 4) is 0 Å².